The highest BCUT2D eigenvalue weighted by Gasteiger charge is 2.40. The quantitative estimate of drug-likeness (QED) is 0.833. The third-order valence-electron chi connectivity index (χ3n) is 5.52. The lowest BCUT2D eigenvalue weighted by molar-refractivity contribution is 0.0923. The monoisotopic (exact) mass is 355 g/mol. The van der Waals surface area contributed by atoms with Gasteiger partial charge in [0.05, 0.1) is 0 Å². The maximum Gasteiger partial charge on any atom is 0.251 e. The van der Waals surface area contributed by atoms with Crippen LogP contribution in [-0.2, 0) is 6.61 Å². The molecule has 3 nitrogen and oxygen atoms in total. The Kier molecular flexibility index (Phi) is 4.67. The molecule has 2 fully saturated rings. The van der Waals surface area contributed by atoms with Gasteiger partial charge >= 0.3 is 0 Å². The molecule has 2 bridgehead atoms. The van der Waals surface area contributed by atoms with Crippen molar-refractivity contribution < 1.29 is 9.53 Å². The average Bonchev–Trinajstić information content (AvgIpc) is 3.24. The Morgan fingerprint density at radius 2 is 1.88 bits per heavy atom. The van der Waals surface area contributed by atoms with Crippen LogP contribution in [-0.4, -0.2) is 11.9 Å². The van der Waals surface area contributed by atoms with Gasteiger partial charge in [0, 0.05) is 22.2 Å². The van der Waals surface area contributed by atoms with Gasteiger partial charge < -0.3 is 10.1 Å². The molecule has 0 radical (unpaired) electrons. The summed E-state index contributed by atoms with van der Waals surface area (Å²) in [4.78, 5) is 12.4. The van der Waals surface area contributed by atoms with E-state index in [1.807, 2.05) is 48.5 Å². The van der Waals surface area contributed by atoms with Crippen LogP contribution in [0.4, 0.5) is 0 Å². The van der Waals surface area contributed by atoms with Crippen molar-refractivity contribution in [3.63, 3.8) is 0 Å². The van der Waals surface area contributed by atoms with E-state index < -0.39 is 0 Å². The van der Waals surface area contributed by atoms with E-state index in [4.69, 9.17) is 16.3 Å². The zero-order chi connectivity index (χ0) is 17.2. The van der Waals surface area contributed by atoms with Crippen LogP contribution in [0.2, 0.25) is 5.02 Å². The number of halogens is 1. The molecule has 2 aliphatic carbocycles. The Balaban J connectivity index is 1.33. The number of carbonyl (C=O) groups is 1. The zero-order valence-corrected chi connectivity index (χ0v) is 14.8. The molecule has 1 amide bonds. The second-order valence-corrected chi connectivity index (χ2v) is 7.57. The second kappa shape index (κ2) is 7.09. The van der Waals surface area contributed by atoms with Crippen LogP contribution in [0, 0.1) is 11.8 Å². The van der Waals surface area contributed by atoms with E-state index in [0.717, 1.165) is 23.7 Å². The summed E-state index contributed by atoms with van der Waals surface area (Å²) in [6, 6.07) is 15.3. The summed E-state index contributed by atoms with van der Waals surface area (Å²) in [5.41, 5.74) is 1.63. The highest BCUT2D eigenvalue weighted by molar-refractivity contribution is 6.31. The number of rotatable bonds is 5. The van der Waals surface area contributed by atoms with Crippen LogP contribution < -0.4 is 10.1 Å². The fourth-order valence-corrected chi connectivity index (χ4v) is 4.34. The summed E-state index contributed by atoms with van der Waals surface area (Å²) >= 11 is 6.13. The van der Waals surface area contributed by atoms with Gasteiger partial charge in [0.25, 0.3) is 5.91 Å². The molecule has 2 saturated carbocycles. The molecular weight excluding hydrogens is 334 g/mol. The van der Waals surface area contributed by atoms with Crippen molar-refractivity contribution in [1.29, 1.82) is 0 Å². The van der Waals surface area contributed by atoms with Crippen molar-refractivity contribution in [3.8, 4) is 5.75 Å². The summed E-state index contributed by atoms with van der Waals surface area (Å²) in [5, 5.41) is 3.91. The van der Waals surface area contributed by atoms with Gasteiger partial charge in [-0.05, 0) is 61.4 Å². The average molecular weight is 356 g/mol. The fourth-order valence-electron chi connectivity index (χ4n) is 4.15. The molecule has 25 heavy (non-hydrogen) atoms. The standard InChI is InChI=1S/C21H22ClNO2/c22-19-4-2-1-3-17(19)13-25-18-9-7-15(8-10-18)21(24)23-20-12-14-5-6-16(20)11-14/h1-4,7-10,14,16,20H,5-6,11-13H2,(H,23,24)/t14-,16-,20-/m0/s1. The molecule has 0 spiro atoms. The molecule has 3 atom stereocenters. The minimum Gasteiger partial charge on any atom is -0.489 e. The molecular formula is C21H22ClNO2. The number of amides is 1. The number of benzene rings is 2. The number of hydrogen-bond acceptors (Lipinski definition) is 2. The number of hydrogen-bond donors (Lipinski definition) is 1. The lowest BCUT2D eigenvalue weighted by Crippen LogP contribution is -2.38. The predicted octanol–water partition coefficient (Wildman–Crippen LogP) is 4.84. The van der Waals surface area contributed by atoms with E-state index in [-0.39, 0.29) is 5.91 Å². The lowest BCUT2D eigenvalue weighted by Gasteiger charge is -2.22. The number of nitrogens with one attached hydrogen (secondary N) is 1. The molecule has 130 valence electrons. The summed E-state index contributed by atoms with van der Waals surface area (Å²) in [5.74, 6) is 2.27. The fraction of sp³-hybridized carbons (Fsp3) is 0.381. The van der Waals surface area contributed by atoms with Gasteiger partial charge in [-0.3, -0.25) is 4.79 Å². The van der Waals surface area contributed by atoms with E-state index in [0.29, 0.717) is 29.2 Å². The maximum absolute atomic E-state index is 12.4. The number of ether oxygens (including phenoxy) is 1. The predicted molar refractivity (Wildman–Crippen MR) is 98.9 cm³/mol. The highest BCUT2D eigenvalue weighted by atomic mass is 35.5. The Bertz CT molecular complexity index is 759. The number of fused-ring (bicyclic) bond motifs is 2. The molecule has 4 heteroatoms. The molecule has 2 aliphatic rings. The van der Waals surface area contributed by atoms with Crippen molar-refractivity contribution in [3.05, 3.63) is 64.7 Å². The summed E-state index contributed by atoms with van der Waals surface area (Å²) < 4.78 is 5.77. The van der Waals surface area contributed by atoms with Crippen LogP contribution in [0.1, 0.15) is 41.6 Å². The lowest BCUT2D eigenvalue weighted by atomic mass is 9.95. The minimum absolute atomic E-state index is 0.0233. The van der Waals surface area contributed by atoms with Crippen LogP contribution in [0.3, 0.4) is 0 Å². The molecule has 4 rings (SSSR count). The first kappa shape index (κ1) is 16.5. The Labute approximate surface area is 153 Å². The van der Waals surface area contributed by atoms with Gasteiger partial charge in [-0.25, -0.2) is 0 Å². The molecule has 2 aromatic rings. The largest absolute Gasteiger partial charge is 0.489 e. The van der Waals surface area contributed by atoms with Gasteiger partial charge in [0.1, 0.15) is 12.4 Å². The molecule has 0 heterocycles. The van der Waals surface area contributed by atoms with Gasteiger partial charge in [-0.15, -0.1) is 0 Å². The molecule has 0 unspecified atom stereocenters. The molecule has 0 saturated heterocycles. The Morgan fingerprint density at radius 1 is 1.08 bits per heavy atom. The van der Waals surface area contributed by atoms with Crippen molar-refractivity contribution in [2.24, 2.45) is 11.8 Å². The summed E-state index contributed by atoms with van der Waals surface area (Å²) in [6.45, 7) is 0.413. The summed E-state index contributed by atoms with van der Waals surface area (Å²) in [6.07, 6.45) is 5.05. The smallest absolute Gasteiger partial charge is 0.251 e. The molecule has 0 aliphatic heterocycles. The SMILES string of the molecule is O=C(N[C@H]1C[C@H]2CC[C@H]1C2)c1ccc(OCc2ccccc2Cl)cc1. The van der Waals surface area contributed by atoms with E-state index in [1.165, 1.54) is 19.3 Å². The van der Waals surface area contributed by atoms with Crippen LogP contribution in [0.25, 0.3) is 0 Å². The van der Waals surface area contributed by atoms with Crippen molar-refractivity contribution in [1.82, 2.24) is 5.32 Å². The molecule has 1 N–H and O–H groups in total. The van der Waals surface area contributed by atoms with E-state index in [1.54, 1.807) is 0 Å². The second-order valence-electron chi connectivity index (χ2n) is 7.16. The Hall–Kier alpha value is -2.00. The zero-order valence-electron chi connectivity index (χ0n) is 14.1. The number of carbonyl (C=O) groups excluding carboxylic acids is 1. The first-order valence-electron chi connectivity index (χ1n) is 8.96. The van der Waals surface area contributed by atoms with Crippen molar-refractivity contribution in [2.45, 2.75) is 38.3 Å². The first-order valence-corrected chi connectivity index (χ1v) is 9.34. The van der Waals surface area contributed by atoms with E-state index in [9.17, 15) is 4.79 Å². The highest BCUT2D eigenvalue weighted by Crippen LogP contribution is 2.44. The topological polar surface area (TPSA) is 38.3 Å². The van der Waals surface area contributed by atoms with Crippen LogP contribution in [0.15, 0.2) is 48.5 Å². The molecule has 0 aromatic heterocycles. The summed E-state index contributed by atoms with van der Waals surface area (Å²) in [7, 11) is 0. The van der Waals surface area contributed by atoms with Crippen LogP contribution in [0.5, 0.6) is 5.75 Å². The minimum atomic E-state index is 0.0233. The normalized spacial score (nSPS) is 24.3. The van der Waals surface area contributed by atoms with Crippen molar-refractivity contribution >= 4 is 17.5 Å². The molecule has 2 aromatic carbocycles. The van der Waals surface area contributed by atoms with Crippen LogP contribution >= 0.6 is 11.6 Å². The first-order chi connectivity index (χ1) is 12.2. The van der Waals surface area contributed by atoms with Crippen molar-refractivity contribution in [2.75, 3.05) is 0 Å². The Morgan fingerprint density at radius 3 is 2.56 bits per heavy atom. The maximum atomic E-state index is 12.4. The van der Waals surface area contributed by atoms with E-state index >= 15 is 0 Å². The third-order valence-corrected chi connectivity index (χ3v) is 5.89. The van der Waals surface area contributed by atoms with Gasteiger partial charge in [0.2, 0.25) is 0 Å². The van der Waals surface area contributed by atoms with Gasteiger partial charge in [-0.1, -0.05) is 36.2 Å². The van der Waals surface area contributed by atoms with Gasteiger partial charge in [0.15, 0.2) is 0 Å². The van der Waals surface area contributed by atoms with E-state index in [2.05, 4.69) is 5.32 Å². The van der Waals surface area contributed by atoms with Gasteiger partial charge in [-0.2, -0.15) is 0 Å². The third kappa shape index (κ3) is 3.67.